The van der Waals surface area contributed by atoms with Crippen molar-refractivity contribution >= 4 is 12.0 Å². The fourth-order valence-electron chi connectivity index (χ4n) is 2.79. The molecule has 1 aromatic heterocycles. The van der Waals surface area contributed by atoms with Crippen LogP contribution >= 0.6 is 0 Å². The highest BCUT2D eigenvalue weighted by molar-refractivity contribution is 5.83. The van der Waals surface area contributed by atoms with Gasteiger partial charge in [-0.15, -0.1) is 0 Å². The van der Waals surface area contributed by atoms with Crippen LogP contribution in [0.1, 0.15) is 5.69 Å². The standard InChI is InChI=1S/C14H18N4O4/c19-12-8-18(13(20)9-17-3-4-22-14(17)21)7-10(12)5-11-6-15-1-2-16-11/h1-2,6,10,12,19H,3-5,7-9H2/t10-,12-/m1/s1. The minimum absolute atomic E-state index is 0.00339. The molecule has 0 aliphatic carbocycles. The average Bonchev–Trinajstić information content (AvgIpc) is 3.07. The summed E-state index contributed by atoms with van der Waals surface area (Å²) in [6.45, 7) is 1.50. The fourth-order valence-corrected chi connectivity index (χ4v) is 2.79. The number of carbonyl (C=O) groups excluding carboxylic acids is 2. The largest absolute Gasteiger partial charge is 0.448 e. The maximum Gasteiger partial charge on any atom is 0.410 e. The first-order chi connectivity index (χ1) is 10.6. The molecular formula is C14H18N4O4. The molecule has 0 unspecified atom stereocenters. The number of β-amino-alcohol motifs (C(OH)–C–C–N with tert-alkyl or cyclic N) is 1. The lowest BCUT2D eigenvalue weighted by atomic mass is 10.0. The lowest BCUT2D eigenvalue weighted by Gasteiger charge is -2.19. The lowest BCUT2D eigenvalue weighted by Crippen LogP contribution is -2.40. The monoisotopic (exact) mass is 306 g/mol. The van der Waals surface area contributed by atoms with Crippen molar-refractivity contribution in [3.63, 3.8) is 0 Å². The Kier molecular flexibility index (Phi) is 4.19. The van der Waals surface area contributed by atoms with Gasteiger partial charge in [-0.25, -0.2) is 4.79 Å². The number of aliphatic hydroxyl groups is 1. The molecule has 118 valence electrons. The summed E-state index contributed by atoms with van der Waals surface area (Å²) >= 11 is 0. The summed E-state index contributed by atoms with van der Waals surface area (Å²) in [4.78, 5) is 34.8. The maximum atomic E-state index is 12.2. The topological polar surface area (TPSA) is 95.9 Å². The van der Waals surface area contributed by atoms with Gasteiger partial charge < -0.3 is 14.7 Å². The van der Waals surface area contributed by atoms with Gasteiger partial charge >= 0.3 is 6.09 Å². The average molecular weight is 306 g/mol. The summed E-state index contributed by atoms with van der Waals surface area (Å²) < 4.78 is 4.80. The number of hydrogen-bond donors (Lipinski definition) is 1. The summed E-state index contributed by atoms with van der Waals surface area (Å²) in [7, 11) is 0. The molecule has 3 heterocycles. The van der Waals surface area contributed by atoms with Gasteiger partial charge in [0.15, 0.2) is 0 Å². The Morgan fingerprint density at radius 3 is 2.95 bits per heavy atom. The van der Waals surface area contributed by atoms with Crippen LogP contribution in [0.5, 0.6) is 0 Å². The van der Waals surface area contributed by atoms with Crippen LogP contribution in [0.2, 0.25) is 0 Å². The van der Waals surface area contributed by atoms with Gasteiger partial charge in [-0.2, -0.15) is 0 Å². The van der Waals surface area contributed by atoms with Gasteiger partial charge in [0.05, 0.1) is 18.3 Å². The Morgan fingerprint density at radius 2 is 2.27 bits per heavy atom. The van der Waals surface area contributed by atoms with Gasteiger partial charge in [0.25, 0.3) is 0 Å². The molecule has 0 bridgehead atoms. The van der Waals surface area contributed by atoms with Gasteiger partial charge in [0.2, 0.25) is 5.91 Å². The number of rotatable bonds is 4. The second-order valence-corrected chi connectivity index (χ2v) is 5.56. The zero-order valence-electron chi connectivity index (χ0n) is 12.1. The Hall–Kier alpha value is -2.22. The third kappa shape index (κ3) is 3.16. The number of hydrogen-bond acceptors (Lipinski definition) is 6. The van der Waals surface area contributed by atoms with Gasteiger partial charge in [-0.05, 0) is 6.42 Å². The van der Waals surface area contributed by atoms with E-state index in [0.717, 1.165) is 5.69 Å². The quantitative estimate of drug-likeness (QED) is 0.789. The molecule has 8 nitrogen and oxygen atoms in total. The predicted octanol–water partition coefficient (Wildman–Crippen LogP) is -0.709. The summed E-state index contributed by atoms with van der Waals surface area (Å²) in [6, 6.07) is 0. The molecule has 0 radical (unpaired) electrons. The van der Waals surface area contributed by atoms with E-state index >= 15 is 0 Å². The van der Waals surface area contributed by atoms with E-state index in [4.69, 9.17) is 4.74 Å². The summed E-state index contributed by atoms with van der Waals surface area (Å²) in [6.07, 6.45) is 4.40. The number of likely N-dealkylation sites (tertiary alicyclic amines) is 1. The third-order valence-corrected chi connectivity index (χ3v) is 4.02. The molecule has 0 aromatic carbocycles. The van der Waals surface area contributed by atoms with Crippen LogP contribution in [-0.4, -0.2) is 75.8 Å². The number of cyclic esters (lactones) is 1. The van der Waals surface area contributed by atoms with Crippen LogP contribution in [0.15, 0.2) is 18.6 Å². The van der Waals surface area contributed by atoms with Gasteiger partial charge in [-0.3, -0.25) is 19.7 Å². The fraction of sp³-hybridized carbons (Fsp3) is 0.571. The molecule has 2 fully saturated rings. The number of aromatic nitrogens is 2. The van der Waals surface area contributed by atoms with Gasteiger partial charge in [-0.1, -0.05) is 0 Å². The Bertz CT molecular complexity index is 553. The SMILES string of the molecule is O=C(CN1CCOC1=O)N1C[C@@H](Cc2cnccn2)[C@H](O)C1. The van der Waals surface area contributed by atoms with E-state index in [9.17, 15) is 14.7 Å². The van der Waals surface area contributed by atoms with Crippen molar-refractivity contribution in [3.8, 4) is 0 Å². The zero-order chi connectivity index (χ0) is 15.5. The molecule has 2 aliphatic heterocycles. The van der Waals surface area contributed by atoms with Crippen LogP contribution in [0.4, 0.5) is 4.79 Å². The molecule has 2 atom stereocenters. The highest BCUT2D eigenvalue weighted by Crippen LogP contribution is 2.21. The summed E-state index contributed by atoms with van der Waals surface area (Å²) in [5, 5.41) is 10.1. The smallest absolute Gasteiger partial charge is 0.410 e. The van der Waals surface area contributed by atoms with Crippen LogP contribution in [0.25, 0.3) is 0 Å². The number of amides is 2. The van der Waals surface area contributed by atoms with Crippen molar-refractivity contribution in [1.29, 1.82) is 0 Å². The maximum absolute atomic E-state index is 12.2. The van der Waals surface area contributed by atoms with E-state index < -0.39 is 12.2 Å². The molecular weight excluding hydrogens is 288 g/mol. The molecule has 2 aliphatic rings. The molecule has 0 spiro atoms. The second kappa shape index (κ2) is 6.27. The highest BCUT2D eigenvalue weighted by atomic mass is 16.6. The molecule has 1 N–H and O–H groups in total. The lowest BCUT2D eigenvalue weighted by molar-refractivity contribution is -0.131. The van der Waals surface area contributed by atoms with E-state index in [-0.39, 0.29) is 24.9 Å². The van der Waals surface area contributed by atoms with Crippen molar-refractivity contribution in [1.82, 2.24) is 19.8 Å². The van der Waals surface area contributed by atoms with Crippen molar-refractivity contribution in [2.45, 2.75) is 12.5 Å². The molecule has 2 amide bonds. The molecule has 8 heteroatoms. The van der Waals surface area contributed by atoms with Gasteiger partial charge in [0.1, 0.15) is 13.2 Å². The van der Waals surface area contributed by atoms with E-state index in [1.165, 1.54) is 4.90 Å². The number of carbonyl (C=O) groups is 2. The van der Waals surface area contributed by atoms with Crippen LogP contribution in [-0.2, 0) is 16.0 Å². The van der Waals surface area contributed by atoms with Crippen LogP contribution in [0.3, 0.4) is 0 Å². The molecule has 1 aromatic rings. The minimum atomic E-state index is -0.587. The first kappa shape index (κ1) is 14.7. The molecule has 2 saturated heterocycles. The summed E-state index contributed by atoms with van der Waals surface area (Å²) in [5.74, 6) is -0.231. The van der Waals surface area contributed by atoms with Crippen molar-refractivity contribution in [3.05, 3.63) is 24.3 Å². The highest BCUT2D eigenvalue weighted by Gasteiger charge is 2.35. The number of aliphatic hydroxyl groups excluding tert-OH is 1. The molecule has 22 heavy (non-hydrogen) atoms. The predicted molar refractivity (Wildman–Crippen MR) is 74.7 cm³/mol. The van der Waals surface area contributed by atoms with Crippen molar-refractivity contribution in [2.75, 3.05) is 32.8 Å². The minimum Gasteiger partial charge on any atom is -0.448 e. The van der Waals surface area contributed by atoms with Crippen molar-refractivity contribution in [2.24, 2.45) is 5.92 Å². The van der Waals surface area contributed by atoms with Gasteiger partial charge in [0, 0.05) is 37.6 Å². The van der Waals surface area contributed by atoms with E-state index in [1.807, 2.05) is 0 Å². The molecule has 3 rings (SSSR count). The summed E-state index contributed by atoms with van der Waals surface area (Å²) in [5.41, 5.74) is 0.795. The Labute approximate surface area is 127 Å². The number of ether oxygens (including phenoxy) is 1. The van der Waals surface area contributed by atoms with E-state index in [2.05, 4.69) is 9.97 Å². The second-order valence-electron chi connectivity index (χ2n) is 5.56. The van der Waals surface area contributed by atoms with Crippen LogP contribution < -0.4 is 0 Å². The van der Waals surface area contributed by atoms with Crippen molar-refractivity contribution < 1.29 is 19.4 Å². The zero-order valence-corrected chi connectivity index (χ0v) is 12.1. The number of nitrogens with zero attached hydrogens (tertiary/aromatic N) is 4. The van der Waals surface area contributed by atoms with E-state index in [0.29, 0.717) is 26.1 Å². The Morgan fingerprint density at radius 1 is 1.41 bits per heavy atom. The molecule has 0 saturated carbocycles. The van der Waals surface area contributed by atoms with Crippen LogP contribution in [0, 0.1) is 5.92 Å². The van der Waals surface area contributed by atoms with E-state index in [1.54, 1.807) is 23.5 Å². The normalized spacial score (nSPS) is 24.7. The first-order valence-corrected chi connectivity index (χ1v) is 7.26. The Balaban J connectivity index is 1.55. The first-order valence-electron chi connectivity index (χ1n) is 7.26. The third-order valence-electron chi connectivity index (χ3n) is 4.02.